The number of fused-ring (bicyclic) bond motifs is 2. The highest BCUT2D eigenvalue weighted by Gasteiger charge is 2.46. The summed E-state index contributed by atoms with van der Waals surface area (Å²) in [6, 6.07) is 13.6. The first-order chi connectivity index (χ1) is 13.5. The molecule has 0 saturated carbocycles. The Hall–Kier alpha value is -3.24. The van der Waals surface area contributed by atoms with Gasteiger partial charge in [-0.3, -0.25) is 4.79 Å². The number of hydrogen-bond acceptors (Lipinski definition) is 6. The highest BCUT2D eigenvalue weighted by atomic mass is 32.1. The predicted octanol–water partition coefficient (Wildman–Crippen LogP) is 4.65. The van der Waals surface area contributed by atoms with Crippen LogP contribution >= 0.6 is 11.3 Å². The molecule has 1 atom stereocenters. The molecule has 1 aromatic carbocycles. The molecule has 0 radical (unpaired) electrons. The number of rotatable bonds is 2. The molecule has 0 fully saturated rings. The summed E-state index contributed by atoms with van der Waals surface area (Å²) in [6.45, 7) is 3.90. The fourth-order valence-electron chi connectivity index (χ4n) is 3.84. The Balaban J connectivity index is 1.79. The number of nitrogens with zero attached hydrogens (tertiary/aromatic N) is 4. The van der Waals surface area contributed by atoms with E-state index in [1.807, 2.05) is 38.1 Å². The molecule has 0 N–H and O–H groups in total. The summed E-state index contributed by atoms with van der Waals surface area (Å²) in [5.74, 6) is -0.407. The van der Waals surface area contributed by atoms with Gasteiger partial charge in [-0.25, -0.2) is 9.67 Å². The number of ketones is 1. The second-order valence-electron chi connectivity index (χ2n) is 7.62. The Labute approximate surface area is 165 Å². The smallest absolute Gasteiger partial charge is 0.211 e. The summed E-state index contributed by atoms with van der Waals surface area (Å²) in [4.78, 5) is 18.0. The molecule has 3 heterocycles. The Morgan fingerprint density at radius 3 is 2.82 bits per heavy atom. The van der Waals surface area contributed by atoms with Crippen molar-refractivity contribution >= 4 is 27.3 Å². The normalized spacial score (nSPS) is 18.2. The first-order valence-electron chi connectivity index (χ1n) is 8.95. The Morgan fingerprint density at radius 2 is 2.11 bits per heavy atom. The van der Waals surface area contributed by atoms with Gasteiger partial charge in [-0.05, 0) is 36.1 Å². The number of hydrogen-bond donors (Lipinski definition) is 0. The van der Waals surface area contributed by atoms with E-state index in [1.165, 1.54) is 11.3 Å². The molecule has 28 heavy (non-hydrogen) atoms. The number of thiazole rings is 1. The summed E-state index contributed by atoms with van der Waals surface area (Å²) < 4.78 is 8.34. The van der Waals surface area contributed by atoms with Crippen molar-refractivity contribution in [2.45, 2.75) is 20.3 Å². The lowest BCUT2D eigenvalue weighted by Gasteiger charge is -2.33. The molecule has 1 aliphatic rings. The summed E-state index contributed by atoms with van der Waals surface area (Å²) in [6.07, 6.45) is 2.10. The first-order valence-corrected chi connectivity index (χ1v) is 9.77. The summed E-state index contributed by atoms with van der Waals surface area (Å²) in [7, 11) is 0. The Kier molecular flexibility index (Phi) is 3.55. The van der Waals surface area contributed by atoms with Crippen molar-refractivity contribution in [3.63, 3.8) is 0 Å². The molecule has 6 nitrogen and oxygen atoms in total. The van der Waals surface area contributed by atoms with Crippen LogP contribution in [0.4, 0.5) is 0 Å². The Bertz CT molecular complexity index is 1220. The van der Waals surface area contributed by atoms with Crippen LogP contribution in [0.5, 0.6) is 0 Å². The van der Waals surface area contributed by atoms with Gasteiger partial charge in [-0.15, -0.1) is 0 Å². The van der Waals surface area contributed by atoms with E-state index in [4.69, 9.17) is 14.5 Å². The minimum absolute atomic E-state index is 0.201. The zero-order valence-corrected chi connectivity index (χ0v) is 16.2. The number of benzene rings is 1. The topological polar surface area (TPSA) is 84.7 Å². The summed E-state index contributed by atoms with van der Waals surface area (Å²) in [5.41, 5.74) is 2.13. The van der Waals surface area contributed by atoms with E-state index in [0.29, 0.717) is 28.6 Å². The van der Waals surface area contributed by atoms with E-state index in [9.17, 15) is 10.1 Å². The molecule has 0 saturated heterocycles. The minimum atomic E-state index is -0.721. The fraction of sp³-hybridized carbons (Fsp3) is 0.238. The zero-order chi connectivity index (χ0) is 19.5. The number of para-hydroxylation sites is 1. The first kappa shape index (κ1) is 16.9. The summed E-state index contributed by atoms with van der Waals surface area (Å²) >= 11 is 1.52. The van der Waals surface area contributed by atoms with Gasteiger partial charge in [0.15, 0.2) is 11.5 Å². The van der Waals surface area contributed by atoms with E-state index in [2.05, 4.69) is 6.07 Å². The molecule has 0 amide bonds. The third kappa shape index (κ3) is 2.35. The van der Waals surface area contributed by atoms with E-state index in [0.717, 1.165) is 15.9 Å². The lowest BCUT2D eigenvalue weighted by Crippen LogP contribution is -2.37. The molecule has 5 rings (SSSR count). The standard InChI is InChI=1S/C21H16N4O2S/c1-21(2)10-14-17(19(26)12(21)11-22)18(15-7-5-9-27-15)24-25(14)20-23-13-6-3-4-8-16(13)28-20/h3-9,12H,10H2,1-2H3. The molecule has 0 spiro atoms. The Morgan fingerprint density at radius 1 is 1.29 bits per heavy atom. The van der Waals surface area contributed by atoms with Crippen molar-refractivity contribution < 1.29 is 9.21 Å². The highest BCUT2D eigenvalue weighted by Crippen LogP contribution is 2.43. The predicted molar refractivity (Wildman–Crippen MR) is 105 cm³/mol. The second-order valence-corrected chi connectivity index (χ2v) is 8.62. The third-order valence-corrected chi connectivity index (χ3v) is 6.25. The molecule has 1 unspecified atom stereocenters. The van der Waals surface area contributed by atoms with Crippen LogP contribution in [-0.2, 0) is 6.42 Å². The lowest BCUT2D eigenvalue weighted by atomic mass is 9.68. The monoisotopic (exact) mass is 388 g/mol. The number of nitriles is 1. The van der Waals surface area contributed by atoms with Gasteiger partial charge in [0.1, 0.15) is 11.6 Å². The molecule has 0 bridgehead atoms. The van der Waals surface area contributed by atoms with E-state index in [-0.39, 0.29) is 5.78 Å². The van der Waals surface area contributed by atoms with Crippen molar-refractivity contribution in [3.05, 3.63) is 53.9 Å². The van der Waals surface area contributed by atoms with Gasteiger partial charge in [0.25, 0.3) is 0 Å². The van der Waals surface area contributed by atoms with Crippen molar-refractivity contribution in [3.8, 4) is 22.7 Å². The number of carbonyl (C=O) groups excluding carboxylic acids is 1. The third-order valence-electron chi connectivity index (χ3n) is 5.24. The fourth-order valence-corrected chi connectivity index (χ4v) is 4.78. The van der Waals surface area contributed by atoms with Gasteiger partial charge in [0, 0.05) is 0 Å². The van der Waals surface area contributed by atoms with Crippen LogP contribution in [0.2, 0.25) is 0 Å². The van der Waals surface area contributed by atoms with Crippen LogP contribution < -0.4 is 0 Å². The van der Waals surface area contributed by atoms with Gasteiger partial charge in [0.05, 0.1) is 33.8 Å². The molecular formula is C21H16N4O2S. The molecule has 138 valence electrons. The number of aromatic nitrogens is 3. The van der Waals surface area contributed by atoms with Crippen LogP contribution in [0.1, 0.15) is 29.9 Å². The highest BCUT2D eigenvalue weighted by molar-refractivity contribution is 7.20. The van der Waals surface area contributed by atoms with Crippen LogP contribution in [0.3, 0.4) is 0 Å². The maximum atomic E-state index is 13.3. The van der Waals surface area contributed by atoms with Crippen molar-refractivity contribution in [2.24, 2.45) is 11.3 Å². The molecule has 3 aromatic heterocycles. The van der Waals surface area contributed by atoms with Crippen molar-refractivity contribution in [1.29, 1.82) is 5.26 Å². The van der Waals surface area contributed by atoms with Crippen LogP contribution in [0, 0.1) is 22.7 Å². The van der Waals surface area contributed by atoms with Gasteiger partial charge in [-0.2, -0.15) is 10.4 Å². The van der Waals surface area contributed by atoms with Crippen LogP contribution in [-0.4, -0.2) is 20.5 Å². The van der Waals surface area contributed by atoms with Gasteiger partial charge >= 0.3 is 0 Å². The average Bonchev–Trinajstić information content (AvgIpc) is 3.38. The lowest BCUT2D eigenvalue weighted by molar-refractivity contribution is 0.0835. The second kappa shape index (κ2) is 5.88. The average molecular weight is 388 g/mol. The minimum Gasteiger partial charge on any atom is -0.463 e. The maximum absolute atomic E-state index is 13.3. The molecular weight excluding hydrogens is 372 g/mol. The molecule has 1 aliphatic carbocycles. The van der Waals surface area contributed by atoms with Crippen LogP contribution in [0.25, 0.3) is 26.8 Å². The molecule has 0 aliphatic heterocycles. The van der Waals surface area contributed by atoms with E-state index < -0.39 is 11.3 Å². The van der Waals surface area contributed by atoms with Gasteiger partial charge in [0.2, 0.25) is 5.13 Å². The van der Waals surface area contributed by atoms with Crippen molar-refractivity contribution in [2.75, 3.05) is 0 Å². The maximum Gasteiger partial charge on any atom is 0.211 e. The number of carbonyl (C=O) groups is 1. The van der Waals surface area contributed by atoms with Gasteiger partial charge < -0.3 is 4.42 Å². The number of furan rings is 1. The van der Waals surface area contributed by atoms with Crippen molar-refractivity contribution in [1.82, 2.24) is 14.8 Å². The van der Waals surface area contributed by atoms with E-state index in [1.54, 1.807) is 23.1 Å². The largest absolute Gasteiger partial charge is 0.463 e. The number of Topliss-reactive ketones (excluding diaryl/α,β-unsaturated/α-hetero) is 1. The SMILES string of the molecule is CC1(C)Cc2c(c(-c3ccco3)nn2-c2nc3ccccc3s2)C(=O)C1C#N. The zero-order valence-electron chi connectivity index (χ0n) is 15.3. The quantitative estimate of drug-likeness (QED) is 0.499. The molecule has 7 heteroatoms. The van der Waals surface area contributed by atoms with Crippen LogP contribution in [0.15, 0.2) is 47.1 Å². The molecule has 4 aromatic rings. The van der Waals surface area contributed by atoms with E-state index >= 15 is 0 Å². The van der Waals surface area contributed by atoms with Gasteiger partial charge in [-0.1, -0.05) is 37.3 Å². The summed E-state index contributed by atoms with van der Waals surface area (Å²) in [5, 5.41) is 15.1.